The predicted molar refractivity (Wildman–Crippen MR) is 79.3 cm³/mol. The second-order valence-electron chi connectivity index (χ2n) is 4.31. The van der Waals surface area contributed by atoms with Crippen LogP contribution < -0.4 is 5.73 Å². The predicted octanol–water partition coefficient (Wildman–Crippen LogP) is 3.04. The van der Waals surface area contributed by atoms with Crippen molar-refractivity contribution in [2.45, 2.75) is 16.6 Å². The van der Waals surface area contributed by atoms with Crippen LogP contribution in [0, 0.1) is 11.3 Å². The highest BCUT2D eigenvalue weighted by molar-refractivity contribution is 7.99. The molecular formula is C15H12N4S. The number of nitrogens with one attached hydrogen (secondary N) is 1. The maximum Gasteiger partial charge on any atom is 0.171 e. The molecule has 1 heterocycles. The van der Waals surface area contributed by atoms with Crippen LogP contribution in [-0.2, 0) is 6.54 Å². The van der Waals surface area contributed by atoms with E-state index >= 15 is 0 Å². The Hall–Kier alpha value is -2.29. The zero-order valence-electron chi connectivity index (χ0n) is 10.6. The van der Waals surface area contributed by atoms with Gasteiger partial charge in [-0.1, -0.05) is 30.0 Å². The minimum atomic E-state index is 0.435. The molecule has 98 valence electrons. The molecule has 0 fully saturated rings. The fourth-order valence-corrected chi connectivity index (χ4v) is 2.83. The number of fused-ring (bicyclic) bond motifs is 1. The van der Waals surface area contributed by atoms with E-state index in [0.717, 1.165) is 26.6 Å². The van der Waals surface area contributed by atoms with E-state index in [1.165, 1.54) is 11.8 Å². The van der Waals surface area contributed by atoms with E-state index in [-0.39, 0.29) is 0 Å². The summed E-state index contributed by atoms with van der Waals surface area (Å²) in [5, 5.41) is 10.0. The summed E-state index contributed by atoms with van der Waals surface area (Å²) in [6.07, 6.45) is 0. The lowest BCUT2D eigenvalue weighted by Crippen LogP contribution is -1.97. The van der Waals surface area contributed by atoms with Crippen LogP contribution in [0.1, 0.15) is 11.1 Å². The van der Waals surface area contributed by atoms with Crippen molar-refractivity contribution in [1.82, 2.24) is 9.97 Å². The molecule has 0 atom stereocenters. The van der Waals surface area contributed by atoms with E-state index in [4.69, 9.17) is 5.73 Å². The Kier molecular flexibility index (Phi) is 3.42. The number of imidazole rings is 1. The lowest BCUT2D eigenvalue weighted by Gasteiger charge is -2.03. The summed E-state index contributed by atoms with van der Waals surface area (Å²) in [6, 6.07) is 15.7. The van der Waals surface area contributed by atoms with Crippen molar-refractivity contribution in [3.8, 4) is 6.07 Å². The molecule has 0 unspecified atom stereocenters. The monoisotopic (exact) mass is 280 g/mol. The third kappa shape index (κ3) is 2.39. The van der Waals surface area contributed by atoms with Crippen molar-refractivity contribution >= 4 is 22.8 Å². The number of rotatable bonds is 3. The number of hydrogen-bond donors (Lipinski definition) is 2. The van der Waals surface area contributed by atoms with E-state index in [9.17, 15) is 5.26 Å². The number of aromatic amines is 1. The highest BCUT2D eigenvalue weighted by Gasteiger charge is 2.08. The van der Waals surface area contributed by atoms with E-state index in [0.29, 0.717) is 12.1 Å². The van der Waals surface area contributed by atoms with Crippen LogP contribution in [0.15, 0.2) is 52.5 Å². The standard InChI is InChI=1S/C15H12N4S/c16-8-10-5-6-14(11(7-10)9-17)20-15-18-12-3-1-2-4-13(12)19-15/h1-7H,8,16H2,(H,18,19). The summed E-state index contributed by atoms with van der Waals surface area (Å²) in [7, 11) is 0. The third-order valence-corrected chi connectivity index (χ3v) is 3.94. The number of nitrogens with two attached hydrogens (primary N) is 1. The molecular weight excluding hydrogens is 268 g/mol. The fraction of sp³-hybridized carbons (Fsp3) is 0.0667. The number of aromatic nitrogens is 2. The molecule has 1 aromatic heterocycles. The quantitative estimate of drug-likeness (QED) is 0.773. The third-order valence-electron chi connectivity index (χ3n) is 2.97. The first-order valence-electron chi connectivity index (χ1n) is 6.16. The van der Waals surface area contributed by atoms with Crippen molar-refractivity contribution in [2.24, 2.45) is 5.73 Å². The molecule has 0 saturated heterocycles. The van der Waals surface area contributed by atoms with Crippen LogP contribution in [0.4, 0.5) is 0 Å². The van der Waals surface area contributed by atoms with Crippen LogP contribution in [0.25, 0.3) is 11.0 Å². The second kappa shape index (κ2) is 5.37. The smallest absolute Gasteiger partial charge is 0.171 e. The topological polar surface area (TPSA) is 78.5 Å². The zero-order chi connectivity index (χ0) is 13.9. The van der Waals surface area contributed by atoms with Gasteiger partial charge < -0.3 is 10.7 Å². The molecule has 4 nitrogen and oxygen atoms in total. The first kappa shape index (κ1) is 12.7. The minimum absolute atomic E-state index is 0.435. The first-order chi connectivity index (χ1) is 9.80. The highest BCUT2D eigenvalue weighted by Crippen LogP contribution is 2.30. The van der Waals surface area contributed by atoms with Gasteiger partial charge in [-0.3, -0.25) is 0 Å². The van der Waals surface area contributed by atoms with Gasteiger partial charge >= 0.3 is 0 Å². The zero-order valence-corrected chi connectivity index (χ0v) is 11.4. The van der Waals surface area contributed by atoms with Gasteiger partial charge in [-0.25, -0.2) is 4.98 Å². The van der Waals surface area contributed by atoms with Crippen LogP contribution in [0.2, 0.25) is 0 Å². The molecule has 0 bridgehead atoms. The van der Waals surface area contributed by atoms with Crippen molar-refractivity contribution in [1.29, 1.82) is 5.26 Å². The number of nitrogens with zero attached hydrogens (tertiary/aromatic N) is 2. The van der Waals surface area contributed by atoms with E-state index in [1.807, 2.05) is 42.5 Å². The van der Waals surface area contributed by atoms with Gasteiger partial charge in [-0.05, 0) is 29.8 Å². The number of nitriles is 1. The summed E-state index contributed by atoms with van der Waals surface area (Å²) in [5.74, 6) is 0. The Morgan fingerprint density at radius 1 is 1.25 bits per heavy atom. The summed E-state index contributed by atoms with van der Waals surface area (Å²) < 4.78 is 0. The molecule has 3 N–H and O–H groups in total. The van der Waals surface area contributed by atoms with E-state index in [1.54, 1.807) is 0 Å². The summed E-state index contributed by atoms with van der Waals surface area (Å²) in [4.78, 5) is 8.62. The Labute approximate surface area is 120 Å². The van der Waals surface area contributed by atoms with Gasteiger partial charge in [-0.2, -0.15) is 5.26 Å². The maximum atomic E-state index is 9.22. The summed E-state index contributed by atoms with van der Waals surface area (Å²) >= 11 is 1.45. The molecule has 0 spiro atoms. The van der Waals surface area contributed by atoms with Crippen molar-refractivity contribution in [2.75, 3.05) is 0 Å². The number of hydrogen-bond acceptors (Lipinski definition) is 4. The molecule has 0 aliphatic carbocycles. The van der Waals surface area contributed by atoms with Gasteiger partial charge in [0.2, 0.25) is 0 Å². The fourth-order valence-electron chi connectivity index (χ4n) is 1.96. The lowest BCUT2D eigenvalue weighted by molar-refractivity contribution is 1.06. The van der Waals surface area contributed by atoms with Crippen LogP contribution in [-0.4, -0.2) is 9.97 Å². The van der Waals surface area contributed by atoms with Crippen LogP contribution in [0.5, 0.6) is 0 Å². The normalized spacial score (nSPS) is 10.6. The molecule has 0 amide bonds. The summed E-state index contributed by atoms with van der Waals surface area (Å²) in [6.45, 7) is 0.435. The van der Waals surface area contributed by atoms with Gasteiger partial charge in [-0.15, -0.1) is 0 Å². The molecule has 0 radical (unpaired) electrons. The van der Waals surface area contributed by atoms with Gasteiger partial charge in [0.25, 0.3) is 0 Å². The Morgan fingerprint density at radius 2 is 2.10 bits per heavy atom. The molecule has 2 aromatic carbocycles. The molecule has 0 aliphatic heterocycles. The number of H-pyrrole nitrogens is 1. The van der Waals surface area contributed by atoms with Gasteiger partial charge in [0.05, 0.1) is 16.6 Å². The average molecular weight is 280 g/mol. The minimum Gasteiger partial charge on any atom is -0.333 e. The molecule has 3 rings (SSSR count). The second-order valence-corrected chi connectivity index (χ2v) is 5.34. The maximum absolute atomic E-state index is 9.22. The van der Waals surface area contributed by atoms with Crippen LogP contribution in [0.3, 0.4) is 0 Å². The lowest BCUT2D eigenvalue weighted by atomic mass is 10.1. The van der Waals surface area contributed by atoms with Crippen molar-refractivity contribution in [3.05, 3.63) is 53.6 Å². The number of para-hydroxylation sites is 2. The first-order valence-corrected chi connectivity index (χ1v) is 6.97. The largest absolute Gasteiger partial charge is 0.333 e. The van der Waals surface area contributed by atoms with E-state index < -0.39 is 0 Å². The van der Waals surface area contributed by atoms with Crippen LogP contribution >= 0.6 is 11.8 Å². The number of benzene rings is 2. The van der Waals surface area contributed by atoms with Crippen molar-refractivity contribution in [3.63, 3.8) is 0 Å². The average Bonchev–Trinajstić information content (AvgIpc) is 2.90. The molecule has 20 heavy (non-hydrogen) atoms. The molecule has 5 heteroatoms. The Bertz CT molecular complexity index is 768. The molecule has 3 aromatic rings. The molecule has 0 aliphatic rings. The van der Waals surface area contributed by atoms with Gasteiger partial charge in [0.15, 0.2) is 5.16 Å². The Balaban J connectivity index is 1.96. The SMILES string of the molecule is N#Cc1cc(CN)ccc1Sc1nc2ccccc2[nH]1. The van der Waals surface area contributed by atoms with E-state index in [2.05, 4.69) is 16.0 Å². The molecule has 0 saturated carbocycles. The highest BCUT2D eigenvalue weighted by atomic mass is 32.2. The van der Waals surface area contributed by atoms with Gasteiger partial charge in [0.1, 0.15) is 6.07 Å². The Morgan fingerprint density at radius 3 is 2.85 bits per heavy atom. The van der Waals surface area contributed by atoms with Gasteiger partial charge in [0, 0.05) is 11.4 Å². The summed E-state index contributed by atoms with van der Waals surface area (Å²) in [5.41, 5.74) is 9.09. The van der Waals surface area contributed by atoms with Crippen molar-refractivity contribution < 1.29 is 0 Å².